The number of carbonyl (C=O) groups is 1. The predicted octanol–water partition coefficient (Wildman–Crippen LogP) is 1.19. The molecule has 0 radical (unpaired) electrons. The number of nitrogens with zero attached hydrogens (tertiary/aromatic N) is 5. The Morgan fingerprint density at radius 3 is 2.58 bits per heavy atom. The smallest absolute Gasteiger partial charge is 0.317 e. The van der Waals surface area contributed by atoms with Crippen molar-refractivity contribution in [1.82, 2.24) is 29.7 Å². The van der Waals surface area contributed by atoms with Crippen molar-refractivity contribution in [3.05, 3.63) is 48.8 Å². The fourth-order valence-corrected chi connectivity index (χ4v) is 2.91. The lowest BCUT2D eigenvalue weighted by Gasteiger charge is -2.35. The monoisotopic (exact) mass is 328 g/mol. The van der Waals surface area contributed by atoms with E-state index in [0.29, 0.717) is 0 Å². The molecule has 1 saturated heterocycles. The van der Waals surface area contributed by atoms with Crippen molar-refractivity contribution in [2.45, 2.75) is 26.1 Å². The van der Waals surface area contributed by atoms with Crippen LogP contribution in [0.4, 0.5) is 4.79 Å². The molecule has 0 aliphatic carbocycles. The number of nitrogens with one attached hydrogen (secondary N) is 1. The van der Waals surface area contributed by atoms with Crippen LogP contribution in [0.3, 0.4) is 0 Å². The Bertz CT molecular complexity index is 622. The van der Waals surface area contributed by atoms with E-state index in [1.165, 1.54) is 5.56 Å². The summed E-state index contributed by atoms with van der Waals surface area (Å²) < 4.78 is 1.97. The van der Waals surface area contributed by atoms with E-state index in [2.05, 4.69) is 20.2 Å². The molecule has 24 heavy (non-hydrogen) atoms. The number of carbonyl (C=O) groups excluding carboxylic acids is 1. The first kappa shape index (κ1) is 16.4. The molecule has 0 aromatic carbocycles. The van der Waals surface area contributed by atoms with Gasteiger partial charge in [0.05, 0.1) is 6.33 Å². The normalized spacial score (nSPS) is 16.8. The van der Waals surface area contributed by atoms with Gasteiger partial charge in [0.15, 0.2) is 0 Å². The van der Waals surface area contributed by atoms with Crippen LogP contribution < -0.4 is 5.32 Å². The Hall–Kier alpha value is -2.41. The second-order valence-corrected chi connectivity index (χ2v) is 6.23. The van der Waals surface area contributed by atoms with Crippen LogP contribution in [0.5, 0.6) is 0 Å². The zero-order valence-electron chi connectivity index (χ0n) is 14.0. The van der Waals surface area contributed by atoms with Crippen molar-refractivity contribution in [3.8, 4) is 0 Å². The zero-order valence-corrected chi connectivity index (χ0v) is 14.0. The Balaban J connectivity index is 1.41. The zero-order chi connectivity index (χ0) is 16.8. The largest absolute Gasteiger partial charge is 0.335 e. The van der Waals surface area contributed by atoms with Gasteiger partial charge in [-0.25, -0.2) is 9.78 Å². The molecule has 3 heterocycles. The first-order valence-corrected chi connectivity index (χ1v) is 8.33. The summed E-state index contributed by atoms with van der Waals surface area (Å²) in [7, 11) is 0. The van der Waals surface area contributed by atoms with Gasteiger partial charge < -0.3 is 14.8 Å². The van der Waals surface area contributed by atoms with Crippen LogP contribution in [0, 0.1) is 0 Å². The van der Waals surface area contributed by atoms with E-state index in [1.807, 2.05) is 47.1 Å². The molecule has 2 amide bonds. The van der Waals surface area contributed by atoms with Crippen molar-refractivity contribution in [1.29, 1.82) is 0 Å². The molecule has 1 aliphatic rings. The van der Waals surface area contributed by atoms with E-state index in [1.54, 1.807) is 12.5 Å². The van der Waals surface area contributed by atoms with Gasteiger partial charge in [0.1, 0.15) is 0 Å². The lowest BCUT2D eigenvalue weighted by Crippen LogP contribution is -2.53. The minimum absolute atomic E-state index is 0.0196. The molecule has 3 rings (SSSR count). The number of imidazole rings is 1. The molecule has 7 nitrogen and oxygen atoms in total. The van der Waals surface area contributed by atoms with Gasteiger partial charge in [-0.1, -0.05) is 0 Å². The number of piperazine rings is 1. The highest BCUT2D eigenvalue weighted by molar-refractivity contribution is 5.74. The third kappa shape index (κ3) is 4.55. The predicted molar refractivity (Wildman–Crippen MR) is 91.3 cm³/mol. The summed E-state index contributed by atoms with van der Waals surface area (Å²) in [5.41, 5.74) is 1.26. The number of urea groups is 1. The molecule has 1 atom stereocenters. The Labute approximate surface area is 142 Å². The van der Waals surface area contributed by atoms with Gasteiger partial charge in [-0.05, 0) is 24.6 Å². The first-order chi connectivity index (χ1) is 11.7. The quantitative estimate of drug-likeness (QED) is 0.895. The molecule has 0 bridgehead atoms. The summed E-state index contributed by atoms with van der Waals surface area (Å²) >= 11 is 0. The standard InChI is InChI=1S/C17H24N6O/c1-15(12-22-7-6-19-14-22)20-17(24)23-10-8-21(9-11-23)13-16-2-4-18-5-3-16/h2-7,14-15H,8-13H2,1H3,(H,20,24)/t15-/m1/s1. The average molecular weight is 328 g/mol. The Kier molecular flexibility index (Phi) is 5.43. The fourth-order valence-electron chi connectivity index (χ4n) is 2.91. The molecule has 0 saturated carbocycles. The molecule has 1 N–H and O–H groups in total. The first-order valence-electron chi connectivity index (χ1n) is 8.33. The summed E-state index contributed by atoms with van der Waals surface area (Å²) in [6.07, 6.45) is 9.05. The van der Waals surface area contributed by atoms with Crippen LogP contribution in [0.2, 0.25) is 0 Å². The van der Waals surface area contributed by atoms with E-state index in [0.717, 1.165) is 39.3 Å². The van der Waals surface area contributed by atoms with Crippen LogP contribution in [-0.4, -0.2) is 62.6 Å². The third-order valence-electron chi connectivity index (χ3n) is 4.23. The summed E-state index contributed by atoms with van der Waals surface area (Å²) in [6.45, 7) is 6.96. The molecular weight excluding hydrogens is 304 g/mol. The number of pyridine rings is 1. The number of hydrogen-bond donors (Lipinski definition) is 1. The molecule has 1 fully saturated rings. The van der Waals surface area contributed by atoms with E-state index in [-0.39, 0.29) is 12.1 Å². The minimum atomic E-state index is 0.0196. The highest BCUT2D eigenvalue weighted by Gasteiger charge is 2.22. The second-order valence-electron chi connectivity index (χ2n) is 6.23. The minimum Gasteiger partial charge on any atom is -0.335 e. The van der Waals surface area contributed by atoms with Gasteiger partial charge in [-0.15, -0.1) is 0 Å². The van der Waals surface area contributed by atoms with Crippen molar-refractivity contribution < 1.29 is 4.79 Å². The van der Waals surface area contributed by atoms with Crippen LogP contribution in [0.25, 0.3) is 0 Å². The van der Waals surface area contributed by atoms with E-state index >= 15 is 0 Å². The average Bonchev–Trinajstić information content (AvgIpc) is 3.09. The lowest BCUT2D eigenvalue weighted by molar-refractivity contribution is 0.133. The van der Waals surface area contributed by atoms with Crippen molar-refractivity contribution in [3.63, 3.8) is 0 Å². The Morgan fingerprint density at radius 1 is 1.17 bits per heavy atom. The van der Waals surface area contributed by atoms with E-state index < -0.39 is 0 Å². The van der Waals surface area contributed by atoms with Crippen LogP contribution in [0.1, 0.15) is 12.5 Å². The van der Waals surface area contributed by atoms with Crippen molar-refractivity contribution >= 4 is 6.03 Å². The third-order valence-corrected chi connectivity index (χ3v) is 4.23. The van der Waals surface area contributed by atoms with Gasteiger partial charge in [-0.2, -0.15) is 0 Å². The maximum atomic E-state index is 12.4. The van der Waals surface area contributed by atoms with Crippen LogP contribution in [0.15, 0.2) is 43.2 Å². The topological polar surface area (TPSA) is 66.3 Å². The Morgan fingerprint density at radius 2 is 1.92 bits per heavy atom. The van der Waals surface area contributed by atoms with Crippen LogP contribution in [-0.2, 0) is 13.1 Å². The van der Waals surface area contributed by atoms with Gasteiger partial charge >= 0.3 is 6.03 Å². The van der Waals surface area contributed by atoms with Crippen molar-refractivity contribution in [2.24, 2.45) is 0 Å². The van der Waals surface area contributed by atoms with E-state index in [9.17, 15) is 4.79 Å². The molecule has 2 aromatic rings. The molecule has 2 aromatic heterocycles. The number of aromatic nitrogens is 3. The maximum absolute atomic E-state index is 12.4. The lowest BCUT2D eigenvalue weighted by atomic mass is 10.2. The van der Waals surface area contributed by atoms with Gasteiger partial charge in [-0.3, -0.25) is 9.88 Å². The van der Waals surface area contributed by atoms with Crippen molar-refractivity contribution in [2.75, 3.05) is 26.2 Å². The van der Waals surface area contributed by atoms with Gasteiger partial charge in [0.2, 0.25) is 0 Å². The number of amides is 2. The summed E-state index contributed by atoms with van der Waals surface area (Å²) in [6, 6.07) is 4.17. The van der Waals surface area contributed by atoms with Crippen LogP contribution >= 0.6 is 0 Å². The molecule has 0 unspecified atom stereocenters. The molecule has 0 spiro atoms. The summed E-state index contributed by atoms with van der Waals surface area (Å²) in [4.78, 5) is 24.7. The highest BCUT2D eigenvalue weighted by atomic mass is 16.2. The highest BCUT2D eigenvalue weighted by Crippen LogP contribution is 2.08. The van der Waals surface area contributed by atoms with Gasteiger partial charge in [0, 0.05) is 70.1 Å². The van der Waals surface area contributed by atoms with Gasteiger partial charge in [0.25, 0.3) is 0 Å². The maximum Gasteiger partial charge on any atom is 0.317 e. The SMILES string of the molecule is C[C@H](Cn1ccnc1)NC(=O)N1CCN(Cc2ccncc2)CC1. The number of rotatable bonds is 5. The fraction of sp³-hybridized carbons (Fsp3) is 0.471. The summed E-state index contributed by atoms with van der Waals surface area (Å²) in [5.74, 6) is 0. The summed E-state index contributed by atoms with van der Waals surface area (Å²) in [5, 5.41) is 3.06. The van der Waals surface area contributed by atoms with E-state index in [4.69, 9.17) is 0 Å². The number of hydrogen-bond acceptors (Lipinski definition) is 4. The molecule has 1 aliphatic heterocycles. The second kappa shape index (κ2) is 7.92. The molecule has 7 heteroatoms. The molecule has 128 valence electrons. The molecular formula is C17H24N6O.